The maximum absolute atomic E-state index is 13.8. The second-order valence-electron chi connectivity index (χ2n) is 8.06. The first-order valence-electron chi connectivity index (χ1n) is 9.00. The second kappa shape index (κ2) is 9.78. The van der Waals surface area contributed by atoms with Crippen LogP contribution in [0.15, 0.2) is 18.2 Å². The Hall–Kier alpha value is -1.28. The van der Waals surface area contributed by atoms with E-state index in [4.69, 9.17) is 5.73 Å². The molecule has 0 aliphatic carbocycles. The topological polar surface area (TPSA) is 78.6 Å². The highest BCUT2D eigenvalue weighted by molar-refractivity contribution is 5.85. The van der Waals surface area contributed by atoms with Crippen molar-refractivity contribution < 1.29 is 18.7 Å². The van der Waals surface area contributed by atoms with Crippen LogP contribution < -0.4 is 11.1 Å². The Labute approximate surface area is 165 Å². The summed E-state index contributed by atoms with van der Waals surface area (Å²) < 4.78 is 27.0. The van der Waals surface area contributed by atoms with E-state index in [-0.39, 0.29) is 48.4 Å². The Kier molecular flexibility index (Phi) is 8.60. The second-order valence-corrected chi connectivity index (χ2v) is 8.06. The molecule has 4 N–H and O–H groups in total. The summed E-state index contributed by atoms with van der Waals surface area (Å²) in [4.78, 5) is 14.3. The molecule has 154 valence electrons. The fourth-order valence-electron chi connectivity index (χ4n) is 3.26. The highest BCUT2D eigenvalue weighted by atomic mass is 35.5. The third-order valence-corrected chi connectivity index (χ3v) is 4.54. The number of β-amino-alcohol motifs (C(OH)–C–C–N with tert-alkyl or cyclic N) is 1. The third-order valence-electron chi connectivity index (χ3n) is 4.54. The lowest BCUT2D eigenvalue weighted by Crippen LogP contribution is -2.53. The van der Waals surface area contributed by atoms with E-state index in [1.165, 1.54) is 0 Å². The molecule has 1 saturated heterocycles. The number of halogens is 3. The van der Waals surface area contributed by atoms with Crippen LogP contribution in [0.2, 0.25) is 0 Å². The Morgan fingerprint density at radius 3 is 2.70 bits per heavy atom. The molecule has 1 aliphatic heterocycles. The van der Waals surface area contributed by atoms with Crippen molar-refractivity contribution in [3.05, 3.63) is 35.4 Å². The van der Waals surface area contributed by atoms with Crippen molar-refractivity contribution in [3.8, 4) is 0 Å². The number of nitrogens with one attached hydrogen (secondary N) is 1. The molecule has 0 radical (unpaired) electrons. The van der Waals surface area contributed by atoms with Crippen LogP contribution in [0.1, 0.15) is 39.2 Å². The molecule has 3 atom stereocenters. The number of carbonyl (C=O) groups is 1. The van der Waals surface area contributed by atoms with Gasteiger partial charge in [-0.25, -0.2) is 8.78 Å². The molecule has 8 heteroatoms. The lowest BCUT2D eigenvalue weighted by atomic mass is 10.0. The minimum Gasteiger partial charge on any atom is -0.390 e. The summed E-state index contributed by atoms with van der Waals surface area (Å²) in [6.07, 6.45) is 0.670. The van der Waals surface area contributed by atoms with Gasteiger partial charge < -0.3 is 16.2 Å². The number of benzene rings is 1. The van der Waals surface area contributed by atoms with E-state index in [1.807, 2.05) is 25.7 Å². The summed E-state index contributed by atoms with van der Waals surface area (Å²) in [5.41, 5.74) is 5.82. The first-order valence-corrected chi connectivity index (χ1v) is 9.00. The van der Waals surface area contributed by atoms with Crippen LogP contribution in [0.5, 0.6) is 0 Å². The average Bonchev–Trinajstić information content (AvgIpc) is 2.97. The van der Waals surface area contributed by atoms with Gasteiger partial charge in [-0.1, -0.05) is 0 Å². The van der Waals surface area contributed by atoms with E-state index < -0.39 is 23.8 Å². The lowest BCUT2D eigenvalue weighted by Gasteiger charge is -2.31. The smallest absolute Gasteiger partial charge is 0.237 e. The van der Waals surface area contributed by atoms with Crippen LogP contribution in [-0.4, -0.2) is 52.7 Å². The number of carbonyl (C=O) groups excluding carboxylic acids is 1. The molecule has 0 aromatic heterocycles. The maximum atomic E-state index is 13.8. The number of aliphatic hydroxyl groups excluding tert-OH is 1. The summed E-state index contributed by atoms with van der Waals surface area (Å²) in [6, 6.07) is 2.14. The maximum Gasteiger partial charge on any atom is 0.237 e. The summed E-state index contributed by atoms with van der Waals surface area (Å²) in [5, 5.41) is 13.4. The van der Waals surface area contributed by atoms with Gasteiger partial charge in [-0.05, 0) is 70.3 Å². The Morgan fingerprint density at radius 2 is 2.07 bits per heavy atom. The first kappa shape index (κ1) is 23.8. The Morgan fingerprint density at radius 1 is 1.41 bits per heavy atom. The standard InChI is InChI=1S/C19H29F2N3O2.ClH/c1-19(2,3)23-18(26)16-5-4-8-24(16)11-17(25)15(22)10-12-9-13(20)6-7-14(12)21;/h6-7,9,15-17,25H,4-5,8,10-11,22H2,1-3H3,(H,23,26);1H/t15-,16+,17+;/m1./s1. The molecular formula is C19H30ClF2N3O2. The highest BCUT2D eigenvalue weighted by Gasteiger charge is 2.34. The zero-order valence-corrected chi connectivity index (χ0v) is 16.9. The number of hydrogen-bond acceptors (Lipinski definition) is 4. The van der Waals surface area contributed by atoms with Gasteiger partial charge in [-0.3, -0.25) is 9.69 Å². The van der Waals surface area contributed by atoms with E-state index >= 15 is 0 Å². The van der Waals surface area contributed by atoms with Gasteiger partial charge in [-0.2, -0.15) is 0 Å². The largest absolute Gasteiger partial charge is 0.390 e. The predicted molar refractivity (Wildman–Crippen MR) is 104 cm³/mol. The molecule has 1 heterocycles. The van der Waals surface area contributed by atoms with Gasteiger partial charge in [0.15, 0.2) is 0 Å². The Bertz CT molecular complexity index is 640. The number of aliphatic hydroxyl groups is 1. The SMILES string of the molecule is CC(C)(C)NC(=O)[C@@H]1CCCN1C[C@H](O)[C@H](N)Cc1cc(F)ccc1F.Cl. The molecular weight excluding hydrogens is 376 g/mol. The van der Waals surface area contributed by atoms with E-state index in [0.717, 1.165) is 31.0 Å². The summed E-state index contributed by atoms with van der Waals surface area (Å²) in [5.74, 6) is -1.15. The van der Waals surface area contributed by atoms with E-state index in [2.05, 4.69) is 5.32 Å². The fraction of sp³-hybridized carbons (Fsp3) is 0.632. The number of nitrogens with two attached hydrogens (primary N) is 1. The van der Waals surface area contributed by atoms with Crippen LogP contribution in [-0.2, 0) is 11.2 Å². The number of hydrogen-bond donors (Lipinski definition) is 3. The molecule has 0 spiro atoms. The molecule has 27 heavy (non-hydrogen) atoms. The zero-order chi connectivity index (χ0) is 19.5. The monoisotopic (exact) mass is 405 g/mol. The molecule has 0 unspecified atom stereocenters. The van der Waals surface area contributed by atoms with Gasteiger partial charge in [0.2, 0.25) is 5.91 Å². The van der Waals surface area contributed by atoms with Gasteiger partial charge in [-0.15, -0.1) is 12.4 Å². The molecule has 1 aromatic rings. The minimum atomic E-state index is -0.944. The van der Waals surface area contributed by atoms with Crippen molar-refractivity contribution in [3.63, 3.8) is 0 Å². The minimum absolute atomic E-state index is 0. The summed E-state index contributed by atoms with van der Waals surface area (Å²) >= 11 is 0. The number of likely N-dealkylation sites (tertiary alicyclic amines) is 1. The molecule has 1 fully saturated rings. The summed E-state index contributed by atoms with van der Waals surface area (Å²) in [7, 11) is 0. The third kappa shape index (κ3) is 6.99. The highest BCUT2D eigenvalue weighted by Crippen LogP contribution is 2.20. The molecule has 1 aliphatic rings. The predicted octanol–water partition coefficient (Wildman–Crippen LogP) is 2.00. The van der Waals surface area contributed by atoms with Crippen molar-refractivity contribution in [2.24, 2.45) is 5.73 Å². The molecule has 0 bridgehead atoms. The van der Waals surface area contributed by atoms with Crippen molar-refractivity contribution >= 4 is 18.3 Å². The van der Waals surface area contributed by atoms with E-state index in [9.17, 15) is 18.7 Å². The zero-order valence-electron chi connectivity index (χ0n) is 16.0. The quantitative estimate of drug-likeness (QED) is 0.676. The van der Waals surface area contributed by atoms with Crippen LogP contribution in [0, 0.1) is 11.6 Å². The molecule has 2 rings (SSSR count). The van der Waals surface area contributed by atoms with E-state index in [0.29, 0.717) is 6.54 Å². The Balaban J connectivity index is 0.00000364. The number of amides is 1. The summed E-state index contributed by atoms with van der Waals surface area (Å²) in [6.45, 7) is 6.67. The van der Waals surface area contributed by atoms with Crippen molar-refractivity contribution in [1.82, 2.24) is 10.2 Å². The van der Waals surface area contributed by atoms with Gasteiger partial charge >= 0.3 is 0 Å². The normalized spacial score (nSPS) is 20.0. The van der Waals surface area contributed by atoms with Crippen molar-refractivity contribution in [2.45, 2.75) is 63.8 Å². The number of nitrogens with zero attached hydrogens (tertiary/aromatic N) is 1. The number of rotatable bonds is 6. The van der Waals surface area contributed by atoms with Crippen LogP contribution in [0.25, 0.3) is 0 Å². The van der Waals surface area contributed by atoms with Crippen molar-refractivity contribution in [1.29, 1.82) is 0 Å². The lowest BCUT2D eigenvalue weighted by molar-refractivity contribution is -0.127. The van der Waals surface area contributed by atoms with E-state index in [1.54, 1.807) is 0 Å². The average molecular weight is 406 g/mol. The molecule has 5 nitrogen and oxygen atoms in total. The van der Waals surface area contributed by atoms with Gasteiger partial charge in [0.1, 0.15) is 11.6 Å². The van der Waals surface area contributed by atoms with Gasteiger partial charge in [0, 0.05) is 18.1 Å². The first-order chi connectivity index (χ1) is 12.1. The van der Waals surface area contributed by atoms with Crippen molar-refractivity contribution in [2.75, 3.05) is 13.1 Å². The fourth-order valence-corrected chi connectivity index (χ4v) is 3.26. The van der Waals surface area contributed by atoms with Gasteiger partial charge in [0.05, 0.1) is 12.1 Å². The van der Waals surface area contributed by atoms with Crippen LogP contribution >= 0.6 is 12.4 Å². The molecule has 0 saturated carbocycles. The van der Waals surface area contributed by atoms with Crippen LogP contribution in [0.3, 0.4) is 0 Å². The molecule has 1 aromatic carbocycles. The van der Waals surface area contributed by atoms with Crippen LogP contribution in [0.4, 0.5) is 8.78 Å². The van der Waals surface area contributed by atoms with Gasteiger partial charge in [0.25, 0.3) is 0 Å². The molecule has 1 amide bonds.